The molecular formula is C20H25N3O4S2. The van der Waals surface area contributed by atoms with Gasteiger partial charge in [-0.2, -0.15) is 0 Å². The first-order valence-electron chi connectivity index (χ1n) is 9.71. The normalized spacial score (nSPS) is 13.9. The van der Waals surface area contributed by atoms with Gasteiger partial charge in [-0.1, -0.05) is 13.8 Å². The van der Waals surface area contributed by atoms with E-state index in [1.165, 1.54) is 22.7 Å². The van der Waals surface area contributed by atoms with E-state index in [9.17, 15) is 14.4 Å². The van der Waals surface area contributed by atoms with Crippen LogP contribution in [0.2, 0.25) is 0 Å². The second kappa shape index (κ2) is 9.49. The number of thiophene rings is 1. The monoisotopic (exact) mass is 435 g/mol. The van der Waals surface area contributed by atoms with Crippen LogP contribution in [0.3, 0.4) is 0 Å². The van der Waals surface area contributed by atoms with Crippen molar-refractivity contribution in [1.82, 2.24) is 4.98 Å². The van der Waals surface area contributed by atoms with Gasteiger partial charge in [-0.3, -0.25) is 14.5 Å². The highest BCUT2D eigenvalue weighted by Gasteiger charge is 2.25. The van der Waals surface area contributed by atoms with E-state index in [4.69, 9.17) is 4.74 Å². The second-order valence-electron chi connectivity index (χ2n) is 7.28. The first-order valence-corrected chi connectivity index (χ1v) is 11.5. The molecule has 3 heterocycles. The molecule has 29 heavy (non-hydrogen) atoms. The third kappa shape index (κ3) is 5.22. The molecule has 156 valence electrons. The lowest BCUT2D eigenvalue weighted by Gasteiger charge is -2.10. The number of ether oxygens (including phenoxy) is 1. The predicted molar refractivity (Wildman–Crippen MR) is 115 cm³/mol. The van der Waals surface area contributed by atoms with E-state index in [1.807, 2.05) is 5.38 Å². The molecule has 0 aliphatic carbocycles. The Labute approximate surface area is 178 Å². The number of carbonyl (C=O) groups is 3. The zero-order chi connectivity index (χ0) is 21.0. The summed E-state index contributed by atoms with van der Waals surface area (Å²) in [6.07, 6.45) is 2.20. The molecule has 1 saturated heterocycles. The Balaban J connectivity index is 1.70. The Hall–Kier alpha value is -2.26. The number of nitrogens with one attached hydrogen (secondary N) is 1. The van der Waals surface area contributed by atoms with E-state index in [-0.39, 0.29) is 24.8 Å². The SMILES string of the molecule is CCOC(=O)c1c(CC(C)C)csc1NC(=O)Cc1csc(N2CCCC2=O)n1. The molecule has 2 aromatic rings. The van der Waals surface area contributed by atoms with Gasteiger partial charge in [0, 0.05) is 18.3 Å². The van der Waals surface area contributed by atoms with Crippen LogP contribution in [0.15, 0.2) is 10.8 Å². The smallest absolute Gasteiger partial charge is 0.341 e. The van der Waals surface area contributed by atoms with Crippen molar-refractivity contribution in [2.45, 2.75) is 46.5 Å². The van der Waals surface area contributed by atoms with Crippen LogP contribution in [0, 0.1) is 5.92 Å². The molecule has 0 atom stereocenters. The number of thiazole rings is 1. The minimum absolute atomic E-state index is 0.0747. The van der Waals surface area contributed by atoms with Crippen LogP contribution in [0.5, 0.6) is 0 Å². The summed E-state index contributed by atoms with van der Waals surface area (Å²) in [5.74, 6) is -0.213. The molecule has 2 aromatic heterocycles. The number of carbonyl (C=O) groups excluding carboxylic acids is 3. The number of amides is 2. The van der Waals surface area contributed by atoms with Gasteiger partial charge in [0.1, 0.15) is 5.00 Å². The van der Waals surface area contributed by atoms with Crippen molar-refractivity contribution in [2.24, 2.45) is 5.92 Å². The quantitative estimate of drug-likeness (QED) is 0.636. The molecule has 7 nitrogen and oxygen atoms in total. The molecule has 9 heteroatoms. The summed E-state index contributed by atoms with van der Waals surface area (Å²) in [6, 6.07) is 0. The van der Waals surface area contributed by atoms with Gasteiger partial charge in [0.2, 0.25) is 11.8 Å². The third-order valence-electron chi connectivity index (χ3n) is 4.41. The summed E-state index contributed by atoms with van der Waals surface area (Å²) in [4.78, 5) is 43.0. The molecule has 0 unspecified atom stereocenters. The summed E-state index contributed by atoms with van der Waals surface area (Å²) < 4.78 is 5.19. The van der Waals surface area contributed by atoms with E-state index in [1.54, 1.807) is 17.2 Å². The van der Waals surface area contributed by atoms with Crippen LogP contribution in [0.25, 0.3) is 0 Å². The van der Waals surface area contributed by atoms with Crippen LogP contribution in [-0.2, 0) is 27.2 Å². The Morgan fingerprint density at radius 2 is 2.10 bits per heavy atom. The largest absolute Gasteiger partial charge is 0.462 e. The molecule has 3 rings (SSSR count). The van der Waals surface area contributed by atoms with Crippen LogP contribution < -0.4 is 10.2 Å². The number of esters is 1. The number of rotatable bonds is 8. The number of hydrogen-bond acceptors (Lipinski definition) is 7. The molecule has 0 aromatic carbocycles. The Bertz CT molecular complexity index is 903. The van der Waals surface area contributed by atoms with Crippen LogP contribution in [-0.4, -0.2) is 35.9 Å². The first-order chi connectivity index (χ1) is 13.9. The van der Waals surface area contributed by atoms with Crippen molar-refractivity contribution in [3.63, 3.8) is 0 Å². The highest BCUT2D eigenvalue weighted by molar-refractivity contribution is 7.15. The van der Waals surface area contributed by atoms with Gasteiger partial charge in [0.05, 0.1) is 24.3 Å². The molecule has 0 radical (unpaired) electrons. The first kappa shape index (κ1) is 21.4. The lowest BCUT2D eigenvalue weighted by Crippen LogP contribution is -2.23. The van der Waals surface area contributed by atoms with E-state index in [0.29, 0.717) is 40.3 Å². The van der Waals surface area contributed by atoms with Crippen LogP contribution in [0.1, 0.15) is 55.2 Å². The standard InChI is InChI=1S/C20H25N3O4S2/c1-4-27-19(26)17-13(8-12(2)3)10-28-18(17)22-15(24)9-14-11-29-20(21-14)23-7-5-6-16(23)25/h10-12H,4-9H2,1-3H3,(H,22,24). The van der Waals surface area contributed by atoms with Gasteiger partial charge in [-0.15, -0.1) is 22.7 Å². The van der Waals surface area contributed by atoms with Gasteiger partial charge < -0.3 is 10.1 Å². The van der Waals surface area contributed by atoms with Crippen LogP contribution >= 0.6 is 22.7 Å². The number of anilines is 2. The Morgan fingerprint density at radius 3 is 2.76 bits per heavy atom. The predicted octanol–water partition coefficient (Wildman–Crippen LogP) is 3.89. The molecule has 1 N–H and O–H groups in total. The zero-order valence-corrected chi connectivity index (χ0v) is 18.5. The lowest BCUT2D eigenvalue weighted by molar-refractivity contribution is -0.117. The molecule has 1 aliphatic rings. The number of hydrogen-bond donors (Lipinski definition) is 1. The highest BCUT2D eigenvalue weighted by Crippen LogP contribution is 2.31. The van der Waals surface area contributed by atoms with Crippen molar-refractivity contribution >= 4 is 50.6 Å². The van der Waals surface area contributed by atoms with E-state index >= 15 is 0 Å². The van der Waals surface area contributed by atoms with E-state index < -0.39 is 5.97 Å². The number of aromatic nitrogens is 1. The van der Waals surface area contributed by atoms with Crippen molar-refractivity contribution in [3.8, 4) is 0 Å². The summed E-state index contributed by atoms with van der Waals surface area (Å²) in [7, 11) is 0. The maximum absolute atomic E-state index is 12.6. The fraction of sp³-hybridized carbons (Fsp3) is 0.500. The second-order valence-corrected chi connectivity index (χ2v) is 9.00. The van der Waals surface area contributed by atoms with Gasteiger partial charge in [-0.25, -0.2) is 9.78 Å². The molecule has 0 bridgehead atoms. The Morgan fingerprint density at radius 1 is 1.31 bits per heavy atom. The van der Waals surface area contributed by atoms with E-state index in [2.05, 4.69) is 24.1 Å². The van der Waals surface area contributed by atoms with Crippen molar-refractivity contribution in [2.75, 3.05) is 23.4 Å². The van der Waals surface area contributed by atoms with Gasteiger partial charge in [0.15, 0.2) is 5.13 Å². The zero-order valence-electron chi connectivity index (χ0n) is 16.8. The molecule has 0 saturated carbocycles. The maximum atomic E-state index is 12.6. The Kier molecular flexibility index (Phi) is 7.02. The molecular weight excluding hydrogens is 410 g/mol. The molecule has 1 aliphatic heterocycles. The summed E-state index contributed by atoms with van der Waals surface area (Å²) in [5.41, 5.74) is 1.95. The van der Waals surface area contributed by atoms with Crippen molar-refractivity contribution < 1.29 is 19.1 Å². The van der Waals surface area contributed by atoms with Gasteiger partial charge in [-0.05, 0) is 36.6 Å². The lowest BCUT2D eigenvalue weighted by atomic mass is 10.0. The third-order valence-corrected chi connectivity index (χ3v) is 6.27. The van der Waals surface area contributed by atoms with Gasteiger partial charge in [0.25, 0.3) is 0 Å². The topological polar surface area (TPSA) is 88.6 Å². The van der Waals surface area contributed by atoms with Crippen LogP contribution in [0.4, 0.5) is 10.1 Å². The fourth-order valence-electron chi connectivity index (χ4n) is 3.19. The van der Waals surface area contributed by atoms with Gasteiger partial charge >= 0.3 is 5.97 Å². The summed E-state index contributed by atoms with van der Waals surface area (Å²) >= 11 is 2.70. The number of nitrogens with zero attached hydrogens (tertiary/aromatic N) is 2. The molecule has 2 amide bonds. The minimum atomic E-state index is -0.414. The maximum Gasteiger partial charge on any atom is 0.341 e. The van der Waals surface area contributed by atoms with Crippen molar-refractivity contribution in [3.05, 3.63) is 27.6 Å². The molecule has 1 fully saturated rings. The molecule has 0 spiro atoms. The van der Waals surface area contributed by atoms with Crippen molar-refractivity contribution in [1.29, 1.82) is 0 Å². The average Bonchev–Trinajstić information content (AvgIpc) is 3.35. The summed E-state index contributed by atoms with van der Waals surface area (Å²) in [6.45, 7) is 6.87. The average molecular weight is 436 g/mol. The highest BCUT2D eigenvalue weighted by atomic mass is 32.1. The minimum Gasteiger partial charge on any atom is -0.462 e. The fourth-order valence-corrected chi connectivity index (χ4v) is 5.04. The summed E-state index contributed by atoms with van der Waals surface area (Å²) in [5, 5.41) is 7.69. The van der Waals surface area contributed by atoms with E-state index in [0.717, 1.165) is 18.4 Å².